The minimum Gasteiger partial charge on any atom is -0.480 e. The van der Waals surface area contributed by atoms with Crippen LogP contribution < -0.4 is 5.73 Å². The molecule has 2 aromatic rings. The Morgan fingerprint density at radius 2 is 2.41 bits per heavy atom. The Morgan fingerprint density at radius 3 is 3.00 bits per heavy atom. The van der Waals surface area contributed by atoms with Crippen molar-refractivity contribution in [3.05, 3.63) is 28.7 Å². The smallest absolute Gasteiger partial charge is 0.320 e. The first-order valence-electron chi connectivity index (χ1n) is 5.10. The topological polar surface area (TPSA) is 81.1 Å². The zero-order chi connectivity index (χ0) is 12.4. The van der Waals surface area contributed by atoms with Gasteiger partial charge in [0.05, 0.1) is 6.20 Å². The molecule has 2 rings (SSSR count). The molecule has 0 radical (unpaired) electrons. The first-order valence-corrected chi connectivity index (χ1v) is 6.04. The second kappa shape index (κ2) is 4.68. The predicted octanol–water partition coefficient (Wildman–Crippen LogP) is 1.10. The van der Waals surface area contributed by atoms with Crippen molar-refractivity contribution in [2.45, 2.75) is 12.5 Å². The Bertz CT molecular complexity index is 532. The van der Waals surface area contributed by atoms with Crippen molar-refractivity contribution in [2.75, 3.05) is 0 Å². The van der Waals surface area contributed by atoms with E-state index in [0.29, 0.717) is 6.42 Å². The fourth-order valence-electron chi connectivity index (χ4n) is 1.62. The van der Waals surface area contributed by atoms with Crippen molar-refractivity contribution in [3.63, 3.8) is 0 Å². The van der Waals surface area contributed by atoms with Crippen LogP contribution in [0.4, 0.5) is 0 Å². The van der Waals surface area contributed by atoms with E-state index >= 15 is 0 Å². The van der Waals surface area contributed by atoms with Crippen molar-refractivity contribution < 1.29 is 9.90 Å². The van der Waals surface area contributed by atoms with E-state index in [9.17, 15) is 4.79 Å². The summed E-state index contributed by atoms with van der Waals surface area (Å²) in [6.07, 6.45) is 4.00. The van der Waals surface area contributed by atoms with Crippen LogP contribution in [-0.4, -0.2) is 26.9 Å². The van der Waals surface area contributed by atoms with Gasteiger partial charge in [-0.2, -0.15) is 16.4 Å². The Morgan fingerprint density at radius 1 is 1.65 bits per heavy atom. The van der Waals surface area contributed by atoms with Gasteiger partial charge in [-0.05, 0) is 28.3 Å². The quantitative estimate of drug-likeness (QED) is 0.852. The maximum Gasteiger partial charge on any atom is 0.320 e. The molecule has 17 heavy (non-hydrogen) atoms. The van der Waals surface area contributed by atoms with Gasteiger partial charge < -0.3 is 10.8 Å². The number of hydrogen-bond donors (Lipinski definition) is 2. The highest BCUT2D eigenvalue weighted by Gasteiger charge is 2.16. The minimum absolute atomic E-state index is 0.336. The first-order chi connectivity index (χ1) is 8.08. The van der Waals surface area contributed by atoms with Gasteiger partial charge >= 0.3 is 5.97 Å². The van der Waals surface area contributed by atoms with Gasteiger partial charge in [-0.25, -0.2) is 0 Å². The lowest BCUT2D eigenvalue weighted by molar-refractivity contribution is -0.138. The summed E-state index contributed by atoms with van der Waals surface area (Å²) in [5.41, 5.74) is 8.50. The van der Waals surface area contributed by atoms with Crippen molar-refractivity contribution in [3.8, 4) is 11.1 Å². The van der Waals surface area contributed by atoms with Crippen LogP contribution in [-0.2, 0) is 18.3 Å². The average molecular weight is 251 g/mol. The summed E-state index contributed by atoms with van der Waals surface area (Å²) in [7, 11) is 1.85. The first kappa shape index (κ1) is 11.8. The third kappa shape index (κ3) is 2.54. The SMILES string of the molecule is Cn1cc(-c2cscc2CC(N)C(=O)O)cn1. The summed E-state index contributed by atoms with van der Waals surface area (Å²) < 4.78 is 1.72. The molecule has 3 N–H and O–H groups in total. The third-order valence-electron chi connectivity index (χ3n) is 2.52. The van der Waals surface area contributed by atoms with Crippen LogP contribution in [0.25, 0.3) is 11.1 Å². The molecule has 0 aliphatic carbocycles. The molecule has 6 heteroatoms. The van der Waals surface area contributed by atoms with E-state index in [-0.39, 0.29) is 0 Å². The maximum atomic E-state index is 10.7. The molecule has 0 aliphatic heterocycles. The highest BCUT2D eigenvalue weighted by Crippen LogP contribution is 2.27. The molecule has 2 aromatic heterocycles. The van der Waals surface area contributed by atoms with Crippen LogP contribution >= 0.6 is 11.3 Å². The number of aryl methyl sites for hydroxylation is 1. The Labute approximate surface area is 102 Å². The van der Waals surface area contributed by atoms with Gasteiger partial charge in [0.1, 0.15) is 6.04 Å². The zero-order valence-corrected chi connectivity index (χ0v) is 10.1. The van der Waals surface area contributed by atoms with E-state index in [2.05, 4.69) is 5.10 Å². The van der Waals surface area contributed by atoms with Gasteiger partial charge in [0.25, 0.3) is 0 Å². The molecular weight excluding hydrogens is 238 g/mol. The molecular formula is C11H13N3O2S. The van der Waals surface area contributed by atoms with Crippen LogP contribution in [0.2, 0.25) is 0 Å². The summed E-state index contributed by atoms with van der Waals surface area (Å²) in [5.74, 6) is -0.978. The number of carbonyl (C=O) groups is 1. The number of aliphatic carboxylic acids is 1. The van der Waals surface area contributed by atoms with Gasteiger partial charge in [-0.3, -0.25) is 9.48 Å². The van der Waals surface area contributed by atoms with Crippen LogP contribution in [0.15, 0.2) is 23.2 Å². The number of aromatic nitrogens is 2. The number of thiophene rings is 1. The zero-order valence-electron chi connectivity index (χ0n) is 9.33. The molecule has 0 spiro atoms. The third-order valence-corrected chi connectivity index (χ3v) is 3.31. The number of rotatable bonds is 4. The highest BCUT2D eigenvalue weighted by atomic mass is 32.1. The van der Waals surface area contributed by atoms with Crippen molar-refractivity contribution in [1.82, 2.24) is 9.78 Å². The van der Waals surface area contributed by atoms with E-state index in [4.69, 9.17) is 10.8 Å². The second-order valence-corrected chi connectivity index (χ2v) is 4.61. The minimum atomic E-state index is -0.978. The lowest BCUT2D eigenvalue weighted by atomic mass is 10.0. The largest absolute Gasteiger partial charge is 0.480 e. The lowest BCUT2D eigenvalue weighted by Crippen LogP contribution is -2.32. The van der Waals surface area contributed by atoms with Crippen molar-refractivity contribution >= 4 is 17.3 Å². The molecule has 0 saturated carbocycles. The molecule has 1 atom stereocenters. The summed E-state index contributed by atoms with van der Waals surface area (Å²) in [5, 5.41) is 16.8. The molecule has 0 fully saturated rings. The number of nitrogens with zero attached hydrogens (tertiary/aromatic N) is 2. The van der Waals surface area contributed by atoms with Crippen molar-refractivity contribution in [2.24, 2.45) is 12.8 Å². The lowest BCUT2D eigenvalue weighted by Gasteiger charge is -2.06. The van der Waals surface area contributed by atoms with Gasteiger partial charge in [-0.1, -0.05) is 0 Å². The van der Waals surface area contributed by atoms with Crippen LogP contribution in [0.1, 0.15) is 5.56 Å². The van der Waals surface area contributed by atoms with E-state index in [1.54, 1.807) is 10.9 Å². The summed E-state index contributed by atoms with van der Waals surface area (Å²) >= 11 is 1.54. The normalized spacial score (nSPS) is 12.6. The number of carboxylic acids is 1. The van der Waals surface area contributed by atoms with Crippen molar-refractivity contribution in [1.29, 1.82) is 0 Å². The van der Waals surface area contributed by atoms with E-state index in [1.165, 1.54) is 11.3 Å². The van der Waals surface area contributed by atoms with E-state index < -0.39 is 12.0 Å². The molecule has 5 nitrogen and oxygen atoms in total. The molecule has 0 amide bonds. The summed E-state index contributed by atoms with van der Waals surface area (Å²) in [6, 6.07) is -0.861. The molecule has 0 aliphatic rings. The fourth-order valence-corrected chi connectivity index (χ4v) is 2.50. The summed E-state index contributed by atoms with van der Waals surface area (Å²) in [4.78, 5) is 10.7. The van der Waals surface area contributed by atoms with Gasteiger partial charge in [0.2, 0.25) is 0 Å². The Hall–Kier alpha value is -1.66. The summed E-state index contributed by atoms with van der Waals surface area (Å²) in [6.45, 7) is 0. The van der Waals surface area contributed by atoms with Gasteiger partial charge in [0, 0.05) is 18.8 Å². The van der Waals surface area contributed by atoms with Crippen LogP contribution in [0.5, 0.6) is 0 Å². The van der Waals surface area contributed by atoms with Gasteiger partial charge in [0.15, 0.2) is 0 Å². The van der Waals surface area contributed by atoms with E-state index in [0.717, 1.165) is 16.7 Å². The Balaban J connectivity index is 2.26. The standard InChI is InChI=1S/C11H13N3O2S/c1-14-4-8(3-13-14)9-6-17-5-7(9)2-10(12)11(15)16/h3-6,10H,2,12H2,1H3,(H,15,16). The fraction of sp³-hybridized carbons (Fsp3) is 0.273. The monoisotopic (exact) mass is 251 g/mol. The molecule has 0 saturated heterocycles. The van der Waals surface area contributed by atoms with Crippen LogP contribution in [0.3, 0.4) is 0 Å². The highest BCUT2D eigenvalue weighted by molar-refractivity contribution is 7.08. The molecule has 0 aromatic carbocycles. The van der Waals surface area contributed by atoms with Crippen LogP contribution in [0, 0.1) is 0 Å². The predicted molar refractivity (Wildman–Crippen MR) is 65.8 cm³/mol. The number of hydrogen-bond acceptors (Lipinski definition) is 4. The second-order valence-electron chi connectivity index (χ2n) is 3.86. The maximum absolute atomic E-state index is 10.7. The number of nitrogens with two attached hydrogens (primary N) is 1. The average Bonchev–Trinajstić information content (AvgIpc) is 2.86. The molecule has 90 valence electrons. The molecule has 0 bridgehead atoms. The van der Waals surface area contributed by atoms with E-state index in [1.807, 2.05) is 24.0 Å². The molecule has 2 heterocycles. The van der Waals surface area contributed by atoms with Gasteiger partial charge in [-0.15, -0.1) is 0 Å². The Kier molecular flexibility index (Phi) is 3.26. The number of carboxylic acid groups (broad SMARTS) is 1. The molecule has 1 unspecified atom stereocenters.